The maximum atomic E-state index is 13.1. The molecule has 12 heteroatoms. The number of dihydropyridines is 1. The number of para-hydroxylation sites is 1. The molecule has 2 heterocycles. The second-order valence-corrected chi connectivity index (χ2v) is 11.3. The highest BCUT2D eigenvalue weighted by Crippen LogP contribution is 2.25. The van der Waals surface area contributed by atoms with Crippen LogP contribution in [0.15, 0.2) is 80.9 Å². The Kier molecular flexibility index (Phi) is 6.04. The Labute approximate surface area is 194 Å². The molecule has 9 nitrogen and oxygen atoms in total. The molecule has 0 radical (unpaired) electrons. The van der Waals surface area contributed by atoms with Gasteiger partial charge in [-0.15, -0.1) is 11.6 Å². The van der Waals surface area contributed by atoms with Gasteiger partial charge in [-0.25, -0.2) is 13.2 Å². The summed E-state index contributed by atoms with van der Waals surface area (Å²) in [5.74, 6) is -1.97. The van der Waals surface area contributed by atoms with Crippen molar-refractivity contribution in [3.63, 3.8) is 0 Å². The quantitative estimate of drug-likeness (QED) is 0.487. The first-order valence-electron chi connectivity index (χ1n) is 9.53. The van der Waals surface area contributed by atoms with Crippen molar-refractivity contribution in [1.29, 1.82) is 0 Å². The van der Waals surface area contributed by atoms with E-state index in [9.17, 15) is 26.7 Å². The monoisotopic (exact) mass is 508 g/mol. The van der Waals surface area contributed by atoms with Gasteiger partial charge in [0.15, 0.2) is 5.04 Å². The third-order valence-corrected chi connectivity index (χ3v) is 7.90. The van der Waals surface area contributed by atoms with Crippen molar-refractivity contribution in [2.75, 3.05) is 6.54 Å². The molecule has 2 aromatic carbocycles. The summed E-state index contributed by atoms with van der Waals surface area (Å²) in [7, 11) is -8.56. The number of halogens is 1. The Morgan fingerprint density at radius 2 is 1.82 bits per heavy atom. The summed E-state index contributed by atoms with van der Waals surface area (Å²) in [5, 5.41) is 8.21. The SMILES string of the molecule is O=C(O)c1ccccc1CS(=O)(=O)C1=NCC(Cl)C=C1NS(=O)(=O)c1cc2ccccc2o1. The molecule has 0 saturated heterocycles. The summed E-state index contributed by atoms with van der Waals surface area (Å²) >= 11 is 6.08. The number of sulfone groups is 1. The lowest BCUT2D eigenvalue weighted by atomic mass is 10.1. The van der Waals surface area contributed by atoms with Crippen molar-refractivity contribution in [1.82, 2.24) is 4.72 Å². The zero-order valence-corrected chi connectivity index (χ0v) is 19.2. The molecule has 1 aliphatic rings. The van der Waals surface area contributed by atoms with E-state index in [4.69, 9.17) is 16.0 Å². The fourth-order valence-corrected chi connectivity index (χ4v) is 6.14. The van der Waals surface area contributed by atoms with E-state index in [-0.39, 0.29) is 23.4 Å². The molecule has 3 aromatic rings. The summed E-state index contributed by atoms with van der Waals surface area (Å²) in [5.41, 5.74) is -0.117. The Hall–Kier alpha value is -3.15. The minimum atomic E-state index is -4.32. The van der Waals surface area contributed by atoms with Crippen LogP contribution < -0.4 is 4.72 Å². The number of hydrogen-bond acceptors (Lipinski definition) is 7. The summed E-state index contributed by atoms with van der Waals surface area (Å²) in [6.45, 7) is -0.0907. The number of aromatic carboxylic acids is 1. The first-order valence-corrected chi connectivity index (χ1v) is 13.1. The van der Waals surface area contributed by atoms with Gasteiger partial charge in [0.1, 0.15) is 5.58 Å². The number of hydrogen-bond donors (Lipinski definition) is 2. The van der Waals surface area contributed by atoms with Crippen LogP contribution in [0.25, 0.3) is 11.0 Å². The number of aliphatic imine (C=N–C) groups is 1. The van der Waals surface area contributed by atoms with Crippen LogP contribution in [0.4, 0.5) is 0 Å². The van der Waals surface area contributed by atoms with E-state index < -0.39 is 47.1 Å². The van der Waals surface area contributed by atoms with Crippen molar-refractivity contribution < 1.29 is 31.2 Å². The number of rotatable bonds is 6. The van der Waals surface area contributed by atoms with Gasteiger partial charge in [-0.2, -0.15) is 8.42 Å². The lowest BCUT2D eigenvalue weighted by Gasteiger charge is -2.19. The molecule has 1 aliphatic heterocycles. The predicted octanol–water partition coefficient (Wildman–Crippen LogP) is 2.93. The summed E-state index contributed by atoms with van der Waals surface area (Å²) in [4.78, 5) is 15.4. The van der Waals surface area contributed by atoms with E-state index in [0.717, 1.165) is 0 Å². The average molecular weight is 509 g/mol. The number of sulfonamides is 1. The van der Waals surface area contributed by atoms with Crippen LogP contribution in [0, 0.1) is 0 Å². The van der Waals surface area contributed by atoms with Gasteiger partial charge in [-0.1, -0.05) is 36.4 Å². The van der Waals surface area contributed by atoms with Crippen LogP contribution in [0.3, 0.4) is 0 Å². The molecule has 1 atom stereocenters. The minimum Gasteiger partial charge on any atom is -0.478 e. The lowest BCUT2D eigenvalue weighted by molar-refractivity contribution is 0.0696. The van der Waals surface area contributed by atoms with Crippen LogP contribution in [-0.4, -0.2) is 44.9 Å². The van der Waals surface area contributed by atoms with Gasteiger partial charge in [-0.3, -0.25) is 9.71 Å². The topological polar surface area (TPSA) is 143 Å². The molecule has 33 heavy (non-hydrogen) atoms. The normalized spacial score (nSPS) is 16.8. The summed E-state index contributed by atoms with van der Waals surface area (Å²) in [6, 6.07) is 13.6. The van der Waals surface area contributed by atoms with E-state index >= 15 is 0 Å². The van der Waals surface area contributed by atoms with Gasteiger partial charge in [0.25, 0.3) is 10.0 Å². The number of alkyl halides is 1. The highest BCUT2D eigenvalue weighted by atomic mass is 35.5. The van der Waals surface area contributed by atoms with Crippen molar-refractivity contribution in [2.24, 2.45) is 4.99 Å². The predicted molar refractivity (Wildman–Crippen MR) is 123 cm³/mol. The van der Waals surface area contributed by atoms with Gasteiger partial charge in [0, 0.05) is 11.5 Å². The second kappa shape index (κ2) is 8.65. The molecule has 1 unspecified atom stereocenters. The van der Waals surface area contributed by atoms with Gasteiger partial charge in [0.2, 0.25) is 14.9 Å². The number of benzene rings is 2. The number of furan rings is 1. The van der Waals surface area contributed by atoms with Gasteiger partial charge < -0.3 is 9.52 Å². The highest BCUT2D eigenvalue weighted by molar-refractivity contribution is 8.06. The summed E-state index contributed by atoms with van der Waals surface area (Å²) in [6.07, 6.45) is 1.24. The van der Waals surface area contributed by atoms with Crippen molar-refractivity contribution >= 4 is 53.4 Å². The van der Waals surface area contributed by atoms with Gasteiger partial charge in [-0.05, 0) is 23.8 Å². The first kappa shape index (κ1) is 23.0. The Bertz CT molecular complexity index is 1490. The minimum absolute atomic E-state index is 0.0418. The fraction of sp³-hybridized carbons (Fsp3) is 0.143. The smallest absolute Gasteiger partial charge is 0.335 e. The molecule has 0 fully saturated rings. The number of nitrogens with one attached hydrogen (secondary N) is 1. The molecular weight excluding hydrogens is 492 g/mol. The number of carboxylic acids is 1. The average Bonchev–Trinajstić information content (AvgIpc) is 3.19. The van der Waals surface area contributed by atoms with E-state index in [1.54, 1.807) is 24.3 Å². The van der Waals surface area contributed by atoms with Gasteiger partial charge in [0.05, 0.1) is 28.9 Å². The molecule has 0 amide bonds. The van der Waals surface area contributed by atoms with Crippen LogP contribution in [-0.2, 0) is 25.6 Å². The van der Waals surface area contributed by atoms with E-state index in [0.29, 0.717) is 11.0 Å². The maximum Gasteiger partial charge on any atom is 0.335 e. The second-order valence-electron chi connectivity index (χ2n) is 7.17. The van der Waals surface area contributed by atoms with Crippen LogP contribution in [0.5, 0.6) is 0 Å². The van der Waals surface area contributed by atoms with E-state index in [1.165, 1.54) is 36.4 Å². The molecule has 0 bridgehead atoms. The van der Waals surface area contributed by atoms with E-state index in [2.05, 4.69) is 9.71 Å². The summed E-state index contributed by atoms with van der Waals surface area (Å²) < 4.78 is 59.8. The Morgan fingerprint density at radius 3 is 2.55 bits per heavy atom. The molecular formula is C21H17ClN2O7S2. The fourth-order valence-electron chi connectivity index (χ4n) is 3.32. The lowest BCUT2D eigenvalue weighted by Crippen LogP contribution is -2.35. The van der Waals surface area contributed by atoms with Crippen LogP contribution in [0.1, 0.15) is 15.9 Å². The van der Waals surface area contributed by atoms with E-state index in [1.807, 2.05) is 0 Å². The van der Waals surface area contributed by atoms with Crippen LogP contribution >= 0.6 is 11.6 Å². The largest absolute Gasteiger partial charge is 0.478 e. The number of carboxylic acid groups (broad SMARTS) is 1. The van der Waals surface area contributed by atoms with Crippen LogP contribution in [0.2, 0.25) is 0 Å². The zero-order valence-electron chi connectivity index (χ0n) is 16.8. The third-order valence-electron chi connectivity index (χ3n) is 4.79. The molecule has 0 saturated carbocycles. The number of fused-ring (bicyclic) bond motifs is 1. The number of carbonyl (C=O) groups is 1. The van der Waals surface area contributed by atoms with Gasteiger partial charge >= 0.3 is 5.97 Å². The Balaban J connectivity index is 1.67. The molecule has 0 spiro atoms. The molecule has 2 N–H and O–H groups in total. The van der Waals surface area contributed by atoms with Crippen molar-refractivity contribution in [2.45, 2.75) is 16.2 Å². The van der Waals surface area contributed by atoms with Crippen molar-refractivity contribution in [3.8, 4) is 0 Å². The Morgan fingerprint density at radius 1 is 1.12 bits per heavy atom. The molecule has 4 rings (SSSR count). The maximum absolute atomic E-state index is 13.1. The first-order chi connectivity index (χ1) is 15.6. The zero-order chi connectivity index (χ0) is 23.8. The molecule has 1 aromatic heterocycles. The standard InChI is InChI=1S/C21H17ClN2O7S2/c22-15-10-17(24-33(29,30)19-9-13-5-2-4-8-18(13)31-19)20(23-11-15)32(27,28)12-14-6-1-3-7-16(14)21(25)26/h1-10,15,24H,11-12H2,(H,25,26). The number of nitrogens with zero attached hydrogens (tertiary/aromatic N) is 1. The highest BCUT2D eigenvalue weighted by Gasteiger charge is 2.32. The third kappa shape index (κ3) is 4.80. The molecule has 0 aliphatic carbocycles. The molecule has 172 valence electrons. The van der Waals surface area contributed by atoms with Crippen molar-refractivity contribution in [3.05, 3.63) is 77.5 Å².